The van der Waals surface area contributed by atoms with Crippen molar-refractivity contribution >= 4 is 34.4 Å². The Labute approximate surface area is 262 Å². The van der Waals surface area contributed by atoms with Crippen LogP contribution in [0.3, 0.4) is 0 Å². The second-order valence-electron chi connectivity index (χ2n) is 12.7. The zero-order valence-electron chi connectivity index (χ0n) is 26.6. The van der Waals surface area contributed by atoms with Crippen LogP contribution in [0.4, 0.5) is 5.69 Å². The number of anilines is 1. The first-order valence-corrected chi connectivity index (χ1v) is 17.1. The van der Waals surface area contributed by atoms with Gasteiger partial charge in [-0.3, -0.25) is 4.79 Å². The molecule has 0 aliphatic carbocycles. The molecule has 0 unspecified atom stereocenters. The zero-order chi connectivity index (χ0) is 30.4. The molecule has 43 heavy (non-hydrogen) atoms. The Morgan fingerprint density at radius 2 is 1.63 bits per heavy atom. The third kappa shape index (κ3) is 7.47. The first-order chi connectivity index (χ1) is 20.8. The molecule has 6 heteroatoms. The fraction of sp³-hybridized carbons (Fsp3) is 0.432. The van der Waals surface area contributed by atoms with E-state index in [4.69, 9.17) is 0 Å². The molecule has 3 aromatic carbocycles. The van der Waals surface area contributed by atoms with E-state index in [0.29, 0.717) is 0 Å². The van der Waals surface area contributed by atoms with Crippen molar-refractivity contribution in [1.29, 1.82) is 0 Å². The van der Waals surface area contributed by atoms with Gasteiger partial charge in [-0.15, -0.1) is 0 Å². The average Bonchev–Trinajstić information content (AvgIpc) is 3.65. The van der Waals surface area contributed by atoms with Gasteiger partial charge in [-0.2, -0.15) is 0 Å². The molecule has 0 spiro atoms. The zero-order valence-corrected chi connectivity index (χ0v) is 27.4. The first kappa shape index (κ1) is 31.2. The molecule has 1 aliphatic rings. The van der Waals surface area contributed by atoms with Crippen LogP contribution in [0.15, 0.2) is 60.7 Å². The lowest BCUT2D eigenvalue weighted by Crippen LogP contribution is -2.41. The number of aromatic nitrogens is 1. The molecule has 1 amide bonds. The van der Waals surface area contributed by atoms with E-state index in [2.05, 4.69) is 103 Å². The lowest BCUT2D eigenvalue weighted by Gasteiger charge is -2.29. The van der Waals surface area contributed by atoms with Crippen molar-refractivity contribution in [2.45, 2.75) is 71.6 Å². The predicted molar refractivity (Wildman–Crippen MR) is 185 cm³/mol. The number of likely N-dealkylation sites (tertiary alicyclic amines) is 1. The van der Waals surface area contributed by atoms with Crippen LogP contribution in [0.25, 0.3) is 22.2 Å². The highest BCUT2D eigenvalue weighted by molar-refractivity contribution is 7.99. The lowest BCUT2D eigenvalue weighted by atomic mass is 9.82. The molecule has 0 bridgehead atoms. The normalized spacial score (nSPS) is 13.7. The summed E-state index contributed by atoms with van der Waals surface area (Å²) in [5, 5.41) is 4.95. The highest BCUT2D eigenvalue weighted by Crippen LogP contribution is 2.36. The van der Waals surface area contributed by atoms with Crippen molar-refractivity contribution in [2.24, 2.45) is 0 Å². The predicted octanol–water partition coefficient (Wildman–Crippen LogP) is 8.20. The van der Waals surface area contributed by atoms with Crippen molar-refractivity contribution in [2.75, 3.05) is 37.2 Å². The summed E-state index contributed by atoms with van der Waals surface area (Å²) in [6.45, 7) is 12.2. The van der Waals surface area contributed by atoms with E-state index in [1.54, 1.807) is 11.9 Å². The molecule has 4 aromatic rings. The largest absolute Gasteiger partial charge is 0.354 e. The standard InChI is InChI=1S/C37H48N4OS/c1-26-22-27(2)24-29(23-26)35-32(17-19-38-18-7-6-10-28-11-14-31(15-12-28)40-43-5)33-25-30(13-16-34(33)39-35)37(3,4)36(42)41-20-8-9-21-41/h11-16,22-25,38-40H,6-10,17-21H2,1-5H3. The number of benzene rings is 3. The Morgan fingerprint density at radius 3 is 2.33 bits per heavy atom. The van der Waals surface area contributed by atoms with Crippen molar-refractivity contribution in [3.05, 3.63) is 88.5 Å². The fourth-order valence-electron chi connectivity index (χ4n) is 6.48. The van der Waals surface area contributed by atoms with Crippen LogP contribution >= 0.6 is 11.9 Å². The number of fused-ring (bicyclic) bond motifs is 1. The molecule has 3 N–H and O–H groups in total. The maximum Gasteiger partial charge on any atom is 0.232 e. The van der Waals surface area contributed by atoms with Gasteiger partial charge in [0, 0.05) is 41.6 Å². The molecule has 1 saturated heterocycles. The smallest absolute Gasteiger partial charge is 0.232 e. The first-order valence-electron chi connectivity index (χ1n) is 15.9. The van der Waals surface area contributed by atoms with Crippen molar-refractivity contribution in [3.8, 4) is 11.3 Å². The molecule has 0 atom stereocenters. The molecule has 0 radical (unpaired) electrons. The van der Waals surface area contributed by atoms with E-state index in [1.165, 1.54) is 45.3 Å². The quantitative estimate of drug-likeness (QED) is 0.108. The summed E-state index contributed by atoms with van der Waals surface area (Å²) in [6, 6.07) is 22.2. The minimum absolute atomic E-state index is 0.241. The number of H-pyrrole nitrogens is 1. The number of carbonyl (C=O) groups excluding carboxylic acids is 1. The Balaban J connectivity index is 1.30. The number of hydrogen-bond acceptors (Lipinski definition) is 4. The van der Waals surface area contributed by atoms with Crippen LogP contribution in [0.2, 0.25) is 0 Å². The van der Waals surface area contributed by atoms with E-state index >= 15 is 0 Å². The number of amides is 1. The van der Waals surface area contributed by atoms with E-state index in [9.17, 15) is 4.79 Å². The van der Waals surface area contributed by atoms with Gasteiger partial charge in [0.2, 0.25) is 5.91 Å². The summed E-state index contributed by atoms with van der Waals surface area (Å²) in [5.41, 5.74) is 10.5. The highest BCUT2D eigenvalue weighted by Gasteiger charge is 2.35. The summed E-state index contributed by atoms with van der Waals surface area (Å²) < 4.78 is 3.28. The fourth-order valence-corrected chi connectivity index (χ4v) is 6.85. The van der Waals surface area contributed by atoms with Gasteiger partial charge in [-0.1, -0.05) is 47.3 Å². The number of nitrogens with zero attached hydrogens (tertiary/aromatic N) is 1. The van der Waals surface area contributed by atoms with E-state index in [-0.39, 0.29) is 5.91 Å². The number of rotatable bonds is 13. The molecule has 228 valence electrons. The van der Waals surface area contributed by atoms with E-state index in [0.717, 1.165) is 75.1 Å². The molecule has 0 saturated carbocycles. The van der Waals surface area contributed by atoms with Gasteiger partial charge in [0.05, 0.1) is 5.41 Å². The van der Waals surface area contributed by atoms with Crippen LogP contribution in [-0.2, 0) is 23.1 Å². The maximum absolute atomic E-state index is 13.5. The van der Waals surface area contributed by atoms with Gasteiger partial charge < -0.3 is 19.9 Å². The van der Waals surface area contributed by atoms with Crippen molar-refractivity contribution in [1.82, 2.24) is 15.2 Å². The van der Waals surface area contributed by atoms with Gasteiger partial charge in [-0.25, -0.2) is 0 Å². The second kappa shape index (κ2) is 14.0. The number of aryl methyl sites for hydroxylation is 3. The van der Waals surface area contributed by atoms with Crippen molar-refractivity contribution in [3.63, 3.8) is 0 Å². The Hall–Kier alpha value is -3.22. The van der Waals surface area contributed by atoms with Gasteiger partial charge >= 0.3 is 0 Å². The number of aromatic amines is 1. The van der Waals surface area contributed by atoms with Crippen LogP contribution in [0.1, 0.15) is 67.3 Å². The molecular formula is C37H48N4OS. The van der Waals surface area contributed by atoms with Crippen molar-refractivity contribution < 1.29 is 4.79 Å². The van der Waals surface area contributed by atoms with Gasteiger partial charge in [-0.05, 0) is 138 Å². The molecule has 1 aromatic heterocycles. The summed E-state index contributed by atoms with van der Waals surface area (Å²) >= 11 is 1.62. The number of carbonyl (C=O) groups is 1. The Bertz CT molecular complexity index is 1510. The second-order valence-corrected chi connectivity index (χ2v) is 13.3. The summed E-state index contributed by atoms with van der Waals surface area (Å²) in [7, 11) is 0. The number of hydrogen-bond donors (Lipinski definition) is 3. The summed E-state index contributed by atoms with van der Waals surface area (Å²) in [5.74, 6) is 0.241. The monoisotopic (exact) mass is 596 g/mol. The van der Waals surface area contributed by atoms with E-state index < -0.39 is 5.41 Å². The lowest BCUT2D eigenvalue weighted by molar-refractivity contribution is -0.135. The van der Waals surface area contributed by atoms with Gasteiger partial charge in [0.15, 0.2) is 0 Å². The van der Waals surface area contributed by atoms with Crippen LogP contribution < -0.4 is 10.0 Å². The Kier molecular flexibility index (Phi) is 10.2. The van der Waals surface area contributed by atoms with E-state index in [1.807, 2.05) is 11.2 Å². The summed E-state index contributed by atoms with van der Waals surface area (Å²) in [4.78, 5) is 19.3. The minimum Gasteiger partial charge on any atom is -0.354 e. The summed E-state index contributed by atoms with van der Waals surface area (Å²) in [6.07, 6.45) is 8.62. The van der Waals surface area contributed by atoms with Gasteiger partial charge in [0.1, 0.15) is 0 Å². The number of unbranched alkanes of at least 4 members (excludes halogenated alkanes) is 1. The average molecular weight is 597 g/mol. The molecule has 5 nitrogen and oxygen atoms in total. The topological polar surface area (TPSA) is 60.2 Å². The highest BCUT2D eigenvalue weighted by atomic mass is 32.2. The maximum atomic E-state index is 13.5. The molecule has 2 heterocycles. The number of nitrogens with one attached hydrogen (secondary N) is 3. The van der Waals surface area contributed by atoms with Crippen LogP contribution in [0, 0.1) is 13.8 Å². The Morgan fingerprint density at radius 1 is 0.907 bits per heavy atom. The SMILES string of the molecule is CSNc1ccc(CCCCNCCc2c(-c3cc(C)cc(C)c3)[nH]c3ccc(C(C)(C)C(=O)N4CCCC4)cc23)cc1. The minimum atomic E-state index is -0.558. The van der Waals surface area contributed by atoms with Gasteiger partial charge in [0.25, 0.3) is 0 Å². The molecule has 5 rings (SSSR count). The molecule has 1 fully saturated rings. The van der Waals surface area contributed by atoms with Crippen LogP contribution in [-0.4, -0.2) is 48.2 Å². The molecule has 1 aliphatic heterocycles. The van der Waals surface area contributed by atoms with Crippen LogP contribution in [0.5, 0.6) is 0 Å². The molecular weight excluding hydrogens is 549 g/mol. The third-order valence-corrected chi connectivity index (χ3v) is 9.30. The third-order valence-electron chi connectivity index (χ3n) is 8.86.